The van der Waals surface area contributed by atoms with Gasteiger partial charge in [-0.15, -0.1) is 10.2 Å². The topological polar surface area (TPSA) is 77.6 Å². The van der Waals surface area contributed by atoms with Gasteiger partial charge < -0.3 is 9.88 Å². The lowest BCUT2D eigenvalue weighted by Gasteiger charge is -2.11. The van der Waals surface area contributed by atoms with Crippen LogP contribution >= 0.6 is 11.6 Å². The normalized spacial score (nSPS) is 13.8. The SMILES string of the molecule is Cc1nn(CC(=O)Nc2cc(-c3nnc4n3CCCCC4)ccc2F)c(C)c1Cl. The second kappa shape index (κ2) is 7.94. The number of carbonyl (C=O) groups is 1. The average molecular weight is 417 g/mol. The molecule has 9 heteroatoms. The van der Waals surface area contributed by atoms with Gasteiger partial charge in [-0.3, -0.25) is 9.48 Å². The molecule has 1 aliphatic heterocycles. The van der Waals surface area contributed by atoms with E-state index < -0.39 is 5.82 Å². The van der Waals surface area contributed by atoms with Crippen LogP contribution in [0.15, 0.2) is 18.2 Å². The second-order valence-electron chi connectivity index (χ2n) is 7.29. The van der Waals surface area contributed by atoms with Crippen LogP contribution in [0.4, 0.5) is 10.1 Å². The van der Waals surface area contributed by atoms with E-state index in [1.807, 2.05) is 0 Å². The van der Waals surface area contributed by atoms with E-state index in [0.717, 1.165) is 43.6 Å². The third-order valence-electron chi connectivity index (χ3n) is 5.19. The van der Waals surface area contributed by atoms with Crippen molar-refractivity contribution >= 4 is 23.2 Å². The van der Waals surface area contributed by atoms with Gasteiger partial charge in [0.25, 0.3) is 0 Å². The highest BCUT2D eigenvalue weighted by Gasteiger charge is 2.18. The molecule has 0 spiro atoms. The molecule has 0 radical (unpaired) electrons. The first-order valence-electron chi connectivity index (χ1n) is 9.65. The Kier molecular flexibility index (Phi) is 5.36. The first kappa shape index (κ1) is 19.6. The maximum atomic E-state index is 14.4. The van der Waals surface area contributed by atoms with Crippen molar-refractivity contribution in [2.24, 2.45) is 0 Å². The number of fused-ring (bicyclic) bond motifs is 1. The van der Waals surface area contributed by atoms with Crippen molar-refractivity contribution in [3.63, 3.8) is 0 Å². The summed E-state index contributed by atoms with van der Waals surface area (Å²) in [4.78, 5) is 12.5. The van der Waals surface area contributed by atoms with Crippen LogP contribution in [0, 0.1) is 19.7 Å². The second-order valence-corrected chi connectivity index (χ2v) is 7.67. The van der Waals surface area contributed by atoms with Crippen LogP contribution < -0.4 is 5.32 Å². The Morgan fingerprint density at radius 2 is 2.07 bits per heavy atom. The van der Waals surface area contributed by atoms with Crippen LogP contribution in [0.3, 0.4) is 0 Å². The molecule has 152 valence electrons. The van der Waals surface area contributed by atoms with E-state index in [-0.39, 0.29) is 18.1 Å². The summed E-state index contributed by atoms with van der Waals surface area (Å²) in [5.74, 6) is 0.754. The van der Waals surface area contributed by atoms with Crippen molar-refractivity contribution in [1.29, 1.82) is 0 Å². The summed E-state index contributed by atoms with van der Waals surface area (Å²) < 4.78 is 18.0. The zero-order valence-corrected chi connectivity index (χ0v) is 17.1. The molecule has 0 aliphatic carbocycles. The third kappa shape index (κ3) is 3.89. The van der Waals surface area contributed by atoms with Gasteiger partial charge in [0.05, 0.1) is 22.1 Å². The van der Waals surface area contributed by atoms with Crippen LogP contribution in [-0.2, 0) is 24.3 Å². The fourth-order valence-corrected chi connectivity index (χ4v) is 3.75. The van der Waals surface area contributed by atoms with Crippen molar-refractivity contribution in [1.82, 2.24) is 24.5 Å². The molecule has 0 fully saturated rings. The van der Waals surface area contributed by atoms with E-state index in [2.05, 4.69) is 25.2 Å². The van der Waals surface area contributed by atoms with E-state index in [9.17, 15) is 9.18 Å². The molecule has 3 heterocycles. The molecule has 0 saturated carbocycles. The third-order valence-corrected chi connectivity index (χ3v) is 5.74. The summed E-state index contributed by atoms with van der Waals surface area (Å²) >= 11 is 6.12. The summed E-state index contributed by atoms with van der Waals surface area (Å²) in [5, 5.41) is 16.0. The lowest BCUT2D eigenvalue weighted by Crippen LogP contribution is -2.21. The highest BCUT2D eigenvalue weighted by Crippen LogP contribution is 2.27. The Balaban J connectivity index is 1.57. The Labute approximate surface area is 172 Å². The molecule has 1 amide bonds. The minimum Gasteiger partial charge on any atom is -0.322 e. The fraction of sp³-hybridized carbons (Fsp3) is 0.400. The molecule has 4 rings (SSSR count). The molecule has 2 aromatic heterocycles. The molecule has 1 aromatic carbocycles. The standard InChI is InChI=1S/C20H22ClFN6O/c1-12-19(21)13(2)28(26-12)11-18(29)23-16-10-14(7-8-15(16)22)20-25-24-17-6-4-3-5-9-27(17)20/h7-8,10H,3-6,9,11H2,1-2H3,(H,23,29). The zero-order valence-electron chi connectivity index (χ0n) is 16.4. The summed E-state index contributed by atoms with van der Waals surface area (Å²) in [6.07, 6.45) is 4.21. The maximum Gasteiger partial charge on any atom is 0.246 e. The summed E-state index contributed by atoms with van der Waals surface area (Å²) in [6.45, 7) is 4.35. The molecule has 29 heavy (non-hydrogen) atoms. The van der Waals surface area contributed by atoms with Crippen LogP contribution in [0.5, 0.6) is 0 Å². The maximum absolute atomic E-state index is 14.4. The summed E-state index contributed by atoms with van der Waals surface area (Å²) in [6, 6.07) is 4.60. The Hall–Kier alpha value is -2.74. The highest BCUT2D eigenvalue weighted by atomic mass is 35.5. The molecule has 3 aromatic rings. The predicted octanol–water partition coefficient (Wildman–Crippen LogP) is 3.92. The van der Waals surface area contributed by atoms with Gasteiger partial charge >= 0.3 is 0 Å². The number of carbonyl (C=O) groups excluding carboxylic acids is 1. The van der Waals surface area contributed by atoms with Crippen molar-refractivity contribution in [3.05, 3.63) is 46.3 Å². The van der Waals surface area contributed by atoms with Gasteiger partial charge in [-0.25, -0.2) is 4.39 Å². The van der Waals surface area contributed by atoms with Crippen molar-refractivity contribution in [2.75, 3.05) is 5.32 Å². The van der Waals surface area contributed by atoms with Gasteiger partial charge in [-0.2, -0.15) is 5.10 Å². The number of nitrogens with zero attached hydrogens (tertiary/aromatic N) is 5. The lowest BCUT2D eigenvalue weighted by atomic mass is 10.1. The molecule has 0 saturated heterocycles. The largest absolute Gasteiger partial charge is 0.322 e. The minimum atomic E-state index is -0.510. The Bertz CT molecular complexity index is 1070. The number of halogens is 2. The monoisotopic (exact) mass is 416 g/mol. The van der Waals surface area contributed by atoms with Crippen LogP contribution in [0.2, 0.25) is 5.02 Å². The molecule has 0 unspecified atom stereocenters. The van der Waals surface area contributed by atoms with Crippen LogP contribution in [0.1, 0.15) is 36.5 Å². The van der Waals surface area contributed by atoms with Gasteiger partial charge in [0.1, 0.15) is 18.2 Å². The molecule has 0 atom stereocenters. The highest BCUT2D eigenvalue weighted by molar-refractivity contribution is 6.31. The Morgan fingerprint density at radius 1 is 1.24 bits per heavy atom. The van der Waals surface area contributed by atoms with Gasteiger partial charge in [0.2, 0.25) is 5.91 Å². The van der Waals surface area contributed by atoms with E-state index >= 15 is 0 Å². The number of nitrogens with one attached hydrogen (secondary N) is 1. The van der Waals surface area contributed by atoms with E-state index in [0.29, 0.717) is 22.2 Å². The number of benzene rings is 1. The zero-order chi connectivity index (χ0) is 20.5. The van der Waals surface area contributed by atoms with Crippen molar-refractivity contribution in [2.45, 2.75) is 52.6 Å². The number of aryl methyl sites for hydroxylation is 2. The smallest absolute Gasteiger partial charge is 0.246 e. The lowest BCUT2D eigenvalue weighted by molar-refractivity contribution is -0.117. The number of rotatable bonds is 4. The predicted molar refractivity (Wildman–Crippen MR) is 108 cm³/mol. The molecule has 1 aliphatic rings. The van der Waals surface area contributed by atoms with Gasteiger partial charge in [-0.05, 0) is 44.9 Å². The van der Waals surface area contributed by atoms with Crippen molar-refractivity contribution < 1.29 is 9.18 Å². The van der Waals surface area contributed by atoms with Crippen LogP contribution in [-0.4, -0.2) is 30.5 Å². The molecular weight excluding hydrogens is 395 g/mol. The van der Waals surface area contributed by atoms with E-state index in [1.54, 1.807) is 26.0 Å². The Morgan fingerprint density at radius 3 is 2.83 bits per heavy atom. The number of hydrogen-bond acceptors (Lipinski definition) is 4. The first-order chi connectivity index (χ1) is 13.9. The number of anilines is 1. The van der Waals surface area contributed by atoms with Crippen molar-refractivity contribution in [3.8, 4) is 11.4 Å². The van der Waals surface area contributed by atoms with Gasteiger partial charge in [0, 0.05) is 18.5 Å². The van der Waals surface area contributed by atoms with E-state index in [1.165, 1.54) is 10.7 Å². The molecular formula is C20H22ClFN6O. The molecule has 7 nitrogen and oxygen atoms in total. The summed E-state index contributed by atoms with van der Waals surface area (Å²) in [5.41, 5.74) is 2.17. The number of aromatic nitrogens is 5. The van der Waals surface area contributed by atoms with Crippen LogP contribution in [0.25, 0.3) is 11.4 Å². The molecule has 1 N–H and O–H groups in total. The summed E-state index contributed by atoms with van der Waals surface area (Å²) in [7, 11) is 0. The minimum absolute atomic E-state index is 0.0522. The van der Waals surface area contributed by atoms with Gasteiger partial charge in [-0.1, -0.05) is 18.0 Å². The number of hydrogen-bond donors (Lipinski definition) is 1. The average Bonchev–Trinajstić information content (AvgIpc) is 3.08. The quantitative estimate of drug-likeness (QED) is 0.699. The molecule has 0 bridgehead atoms. The number of amides is 1. The first-order valence-corrected chi connectivity index (χ1v) is 10.0. The van der Waals surface area contributed by atoms with Gasteiger partial charge in [0.15, 0.2) is 5.82 Å². The fourth-order valence-electron chi connectivity index (χ4n) is 3.61. The van der Waals surface area contributed by atoms with E-state index in [4.69, 9.17) is 11.6 Å².